The molecule has 3 fully saturated rings. The van der Waals surface area contributed by atoms with Crippen molar-refractivity contribution in [1.82, 2.24) is 14.7 Å². The van der Waals surface area contributed by atoms with Crippen molar-refractivity contribution in [3.05, 3.63) is 25.3 Å². The summed E-state index contributed by atoms with van der Waals surface area (Å²) in [6.45, 7) is 16.2. The van der Waals surface area contributed by atoms with Crippen LogP contribution in [0.3, 0.4) is 0 Å². The van der Waals surface area contributed by atoms with Crippen LogP contribution in [0.1, 0.15) is 59.8 Å². The summed E-state index contributed by atoms with van der Waals surface area (Å²) in [5.41, 5.74) is -1.07. The van der Waals surface area contributed by atoms with E-state index in [0.29, 0.717) is 32.4 Å². The van der Waals surface area contributed by atoms with E-state index in [0.717, 1.165) is 12.8 Å². The SMILES string of the molecule is C=CCN(C)C(=O)[C@@H]1[C@@H]2CCC3(O2)C(C(=O)N(CC=C)C(C)CCC)N([C@@H](CO)CC(C)C)C(=O)[C@H]13. The molecule has 0 aromatic carbocycles. The maximum atomic E-state index is 14.4. The minimum absolute atomic E-state index is 0.0414. The number of rotatable bonds is 13. The Kier molecular flexibility index (Phi) is 9.04. The third-order valence-electron chi connectivity index (χ3n) is 8.23. The summed E-state index contributed by atoms with van der Waals surface area (Å²) in [7, 11) is 1.70. The van der Waals surface area contributed by atoms with Crippen molar-refractivity contribution >= 4 is 17.7 Å². The molecule has 0 radical (unpaired) electrons. The molecule has 3 unspecified atom stereocenters. The molecule has 1 spiro atoms. The minimum Gasteiger partial charge on any atom is -0.394 e. The first-order valence-electron chi connectivity index (χ1n) is 13.5. The molecule has 1 N–H and O–H groups in total. The number of hydrogen-bond donors (Lipinski definition) is 1. The predicted molar refractivity (Wildman–Crippen MR) is 139 cm³/mol. The zero-order valence-electron chi connectivity index (χ0n) is 22.7. The fourth-order valence-electron chi connectivity index (χ4n) is 6.76. The smallest absolute Gasteiger partial charge is 0.248 e. The van der Waals surface area contributed by atoms with Crippen molar-refractivity contribution in [3.63, 3.8) is 0 Å². The number of carbonyl (C=O) groups excluding carboxylic acids is 3. The van der Waals surface area contributed by atoms with Crippen LogP contribution in [0.15, 0.2) is 25.3 Å². The average molecular weight is 504 g/mol. The molecule has 3 aliphatic heterocycles. The lowest BCUT2D eigenvalue weighted by Gasteiger charge is -2.41. The zero-order valence-corrected chi connectivity index (χ0v) is 22.7. The van der Waals surface area contributed by atoms with Crippen LogP contribution < -0.4 is 0 Å². The molecule has 3 heterocycles. The van der Waals surface area contributed by atoms with Gasteiger partial charge in [-0.2, -0.15) is 0 Å². The molecule has 0 aromatic rings. The van der Waals surface area contributed by atoms with Gasteiger partial charge in [-0.05, 0) is 38.5 Å². The molecule has 0 saturated carbocycles. The van der Waals surface area contributed by atoms with Crippen LogP contribution >= 0.6 is 0 Å². The molecule has 3 aliphatic rings. The van der Waals surface area contributed by atoms with Crippen LogP contribution in [0.2, 0.25) is 0 Å². The third kappa shape index (κ3) is 4.74. The van der Waals surface area contributed by atoms with Crippen molar-refractivity contribution in [2.75, 3.05) is 26.7 Å². The van der Waals surface area contributed by atoms with E-state index >= 15 is 0 Å². The standard InChI is InChI=1S/C28H45N3O5/c1-8-11-19(6)30(15-10-3)27(35)24-28-13-12-21(36-28)22(25(33)29(7)14-9-2)23(28)26(34)31(24)20(17-32)16-18(4)5/h9-10,18-24,32H,2-3,8,11-17H2,1,4-7H3/t19?,20-,21+,22-,23+,24?,28?/m1/s1. The van der Waals surface area contributed by atoms with Gasteiger partial charge in [0.25, 0.3) is 0 Å². The van der Waals surface area contributed by atoms with Gasteiger partial charge in [0.1, 0.15) is 11.6 Å². The number of aliphatic hydroxyl groups excluding tert-OH is 1. The van der Waals surface area contributed by atoms with E-state index in [1.165, 1.54) is 0 Å². The third-order valence-corrected chi connectivity index (χ3v) is 8.23. The number of nitrogens with zero attached hydrogens (tertiary/aromatic N) is 3. The van der Waals surface area contributed by atoms with E-state index in [-0.39, 0.29) is 36.3 Å². The quantitative estimate of drug-likeness (QED) is 0.390. The first-order valence-corrected chi connectivity index (χ1v) is 13.5. The molecule has 0 aromatic heterocycles. The Morgan fingerprint density at radius 3 is 2.44 bits per heavy atom. The first-order chi connectivity index (χ1) is 17.1. The Morgan fingerprint density at radius 1 is 1.22 bits per heavy atom. The second kappa shape index (κ2) is 11.5. The fraction of sp³-hybridized carbons (Fsp3) is 0.750. The van der Waals surface area contributed by atoms with Crippen LogP contribution in [0.5, 0.6) is 0 Å². The maximum Gasteiger partial charge on any atom is 0.248 e. The number of amides is 3. The van der Waals surface area contributed by atoms with Crippen LogP contribution in [0.25, 0.3) is 0 Å². The Balaban J connectivity index is 2.10. The highest BCUT2D eigenvalue weighted by Crippen LogP contribution is 2.59. The number of fused-ring (bicyclic) bond motifs is 1. The van der Waals surface area contributed by atoms with Gasteiger partial charge >= 0.3 is 0 Å². The van der Waals surface area contributed by atoms with Gasteiger partial charge in [0.2, 0.25) is 17.7 Å². The highest BCUT2D eigenvalue weighted by atomic mass is 16.5. The summed E-state index contributed by atoms with van der Waals surface area (Å²) in [5, 5.41) is 10.4. The molecule has 36 heavy (non-hydrogen) atoms. The summed E-state index contributed by atoms with van der Waals surface area (Å²) >= 11 is 0. The zero-order chi connectivity index (χ0) is 26.8. The van der Waals surface area contributed by atoms with Gasteiger partial charge < -0.3 is 24.5 Å². The van der Waals surface area contributed by atoms with Crippen molar-refractivity contribution in [3.8, 4) is 0 Å². The van der Waals surface area contributed by atoms with Crippen molar-refractivity contribution in [2.45, 2.75) is 89.6 Å². The average Bonchev–Trinajstić information content (AvgIpc) is 3.47. The van der Waals surface area contributed by atoms with Gasteiger partial charge in [-0.3, -0.25) is 14.4 Å². The highest BCUT2D eigenvalue weighted by molar-refractivity contribution is 5.99. The molecule has 202 valence electrons. The Hall–Kier alpha value is -2.19. The normalized spacial score (nSPS) is 30.3. The molecule has 0 aliphatic carbocycles. The van der Waals surface area contributed by atoms with Gasteiger partial charge in [0, 0.05) is 26.2 Å². The maximum absolute atomic E-state index is 14.4. The van der Waals surface area contributed by atoms with E-state index in [2.05, 4.69) is 20.1 Å². The molecule has 2 bridgehead atoms. The van der Waals surface area contributed by atoms with Gasteiger partial charge in [0.05, 0.1) is 30.6 Å². The number of ether oxygens (including phenoxy) is 1. The lowest BCUT2D eigenvalue weighted by molar-refractivity contribution is -0.153. The number of likely N-dealkylation sites (N-methyl/N-ethyl adjacent to an activating group) is 1. The largest absolute Gasteiger partial charge is 0.394 e. The molecular weight excluding hydrogens is 458 g/mol. The van der Waals surface area contributed by atoms with Crippen molar-refractivity contribution in [2.24, 2.45) is 17.8 Å². The fourth-order valence-corrected chi connectivity index (χ4v) is 6.76. The molecule has 7 atom stereocenters. The van der Waals surface area contributed by atoms with Gasteiger partial charge in [0.15, 0.2) is 0 Å². The summed E-state index contributed by atoms with van der Waals surface area (Å²) in [4.78, 5) is 47.0. The Morgan fingerprint density at radius 2 is 1.89 bits per heavy atom. The summed E-state index contributed by atoms with van der Waals surface area (Å²) in [5.74, 6) is -1.75. The van der Waals surface area contributed by atoms with Gasteiger partial charge in [-0.25, -0.2) is 0 Å². The van der Waals surface area contributed by atoms with Gasteiger partial charge in [-0.1, -0.05) is 39.3 Å². The Bertz CT molecular complexity index is 860. The number of hydrogen-bond acceptors (Lipinski definition) is 5. The summed E-state index contributed by atoms with van der Waals surface area (Å²) in [6.07, 6.45) is 6.43. The molecule has 8 heteroatoms. The highest BCUT2D eigenvalue weighted by Gasteiger charge is 2.75. The lowest BCUT2D eigenvalue weighted by Crippen LogP contribution is -2.60. The van der Waals surface area contributed by atoms with E-state index < -0.39 is 35.6 Å². The number of carbonyl (C=O) groups is 3. The first kappa shape index (κ1) is 28.4. The van der Waals surface area contributed by atoms with E-state index in [9.17, 15) is 19.5 Å². The molecule has 3 amide bonds. The van der Waals surface area contributed by atoms with E-state index in [1.807, 2.05) is 20.8 Å². The van der Waals surface area contributed by atoms with Crippen molar-refractivity contribution < 1.29 is 24.2 Å². The molecule has 3 rings (SSSR count). The monoisotopic (exact) mass is 503 g/mol. The minimum atomic E-state index is -1.07. The topological polar surface area (TPSA) is 90.4 Å². The van der Waals surface area contributed by atoms with E-state index in [4.69, 9.17) is 4.74 Å². The van der Waals surface area contributed by atoms with Crippen LogP contribution in [-0.4, -0.2) is 94.1 Å². The van der Waals surface area contributed by atoms with Crippen molar-refractivity contribution in [1.29, 1.82) is 0 Å². The van der Waals surface area contributed by atoms with E-state index in [1.54, 1.807) is 33.9 Å². The lowest BCUT2D eigenvalue weighted by atomic mass is 9.70. The molecule has 8 nitrogen and oxygen atoms in total. The van der Waals surface area contributed by atoms with Crippen LogP contribution in [-0.2, 0) is 19.1 Å². The number of likely N-dealkylation sites (tertiary alicyclic amines) is 1. The summed E-state index contributed by atoms with van der Waals surface area (Å²) < 4.78 is 6.56. The van der Waals surface area contributed by atoms with Crippen LogP contribution in [0.4, 0.5) is 0 Å². The summed E-state index contributed by atoms with van der Waals surface area (Å²) in [6, 6.07) is -1.44. The van der Waals surface area contributed by atoms with Crippen LogP contribution in [0, 0.1) is 17.8 Å². The number of aliphatic hydroxyl groups is 1. The predicted octanol–water partition coefficient (Wildman–Crippen LogP) is 2.62. The van der Waals surface area contributed by atoms with Gasteiger partial charge in [-0.15, -0.1) is 13.2 Å². The molecule has 3 saturated heterocycles. The Labute approximate surface area is 216 Å². The molecular formula is C28H45N3O5. The second-order valence-electron chi connectivity index (χ2n) is 11.2. The second-order valence-corrected chi connectivity index (χ2v) is 11.2.